The number of cyclic esters (lactones) is 1. The number of ether oxygens (including phenoxy) is 1. The number of esters is 1. The van der Waals surface area contributed by atoms with Crippen molar-refractivity contribution in [1.29, 1.82) is 0 Å². The van der Waals surface area contributed by atoms with Crippen LogP contribution in [-0.2, 0) is 14.3 Å². The average Bonchev–Trinajstić information content (AvgIpc) is 2.87. The van der Waals surface area contributed by atoms with Gasteiger partial charge in [-0.25, -0.2) is 9.59 Å². The quantitative estimate of drug-likeness (QED) is 0.761. The molecular weight excluding hydrogens is 320 g/mol. The molecule has 1 aliphatic carbocycles. The number of aliphatic carboxylic acids is 1. The summed E-state index contributed by atoms with van der Waals surface area (Å²) in [5.41, 5.74) is 1.39. The minimum absolute atomic E-state index is 0.0417. The largest absolute Gasteiger partial charge is 0.478 e. The van der Waals surface area contributed by atoms with Crippen molar-refractivity contribution in [3.05, 3.63) is 47.6 Å². The first-order chi connectivity index (χ1) is 11.7. The Morgan fingerprint density at radius 2 is 2.20 bits per heavy atom. The number of carboxylic acids is 1. The standard InChI is InChI=1S/C20H26O5/c1-13-7-8-14(2)20(3,10-5-4-6-16(13)18(22)23)11-9-15-12-17(21)25-19(15)24/h4-6,12,14,17,21H,1,7-11H2,2-3H3,(H,22,23)/b5-4-,16-6?/t14-,17?,20+/m1/s1. The molecule has 0 aromatic rings. The molecule has 1 aliphatic heterocycles. The van der Waals surface area contributed by atoms with E-state index in [1.165, 1.54) is 6.08 Å². The summed E-state index contributed by atoms with van der Waals surface area (Å²) in [5.74, 6) is -1.07. The van der Waals surface area contributed by atoms with Crippen molar-refractivity contribution in [2.45, 2.75) is 52.2 Å². The molecule has 5 heteroatoms. The van der Waals surface area contributed by atoms with Crippen molar-refractivity contribution in [1.82, 2.24) is 0 Å². The maximum Gasteiger partial charge on any atom is 0.336 e. The first kappa shape index (κ1) is 19.2. The van der Waals surface area contributed by atoms with Gasteiger partial charge in [-0.05, 0) is 61.2 Å². The van der Waals surface area contributed by atoms with Gasteiger partial charge in [0.05, 0.1) is 5.57 Å². The number of hydrogen-bond donors (Lipinski definition) is 2. The second kappa shape index (κ2) is 7.83. The molecule has 3 atom stereocenters. The lowest BCUT2D eigenvalue weighted by molar-refractivity contribution is -0.151. The van der Waals surface area contributed by atoms with E-state index in [1.54, 1.807) is 12.2 Å². The molecule has 0 fully saturated rings. The first-order valence-electron chi connectivity index (χ1n) is 8.61. The minimum atomic E-state index is -1.13. The highest BCUT2D eigenvalue weighted by molar-refractivity contribution is 5.92. The van der Waals surface area contributed by atoms with Crippen LogP contribution < -0.4 is 0 Å². The van der Waals surface area contributed by atoms with E-state index < -0.39 is 18.2 Å². The maximum atomic E-state index is 11.7. The van der Waals surface area contributed by atoms with E-state index in [4.69, 9.17) is 4.74 Å². The smallest absolute Gasteiger partial charge is 0.336 e. The Labute approximate surface area is 148 Å². The Balaban J connectivity index is 2.13. The molecule has 2 aliphatic rings. The van der Waals surface area contributed by atoms with E-state index in [2.05, 4.69) is 20.4 Å². The van der Waals surface area contributed by atoms with Gasteiger partial charge in [-0.2, -0.15) is 0 Å². The van der Waals surface area contributed by atoms with Crippen LogP contribution in [0, 0.1) is 11.3 Å². The lowest BCUT2D eigenvalue weighted by Gasteiger charge is -2.36. The summed E-state index contributed by atoms with van der Waals surface area (Å²) in [4.78, 5) is 23.0. The Hall–Kier alpha value is -2.14. The molecule has 0 saturated carbocycles. The average molecular weight is 346 g/mol. The zero-order valence-corrected chi connectivity index (χ0v) is 14.8. The Kier molecular flexibility index (Phi) is 6.01. The first-order valence-corrected chi connectivity index (χ1v) is 8.61. The van der Waals surface area contributed by atoms with Crippen LogP contribution in [0.1, 0.15) is 46.0 Å². The number of carbonyl (C=O) groups is 2. The van der Waals surface area contributed by atoms with E-state index in [0.29, 0.717) is 29.9 Å². The second-order valence-corrected chi connectivity index (χ2v) is 7.20. The normalized spacial score (nSPS) is 31.8. The maximum absolute atomic E-state index is 11.7. The number of carboxylic acid groups (broad SMARTS) is 1. The highest BCUT2D eigenvalue weighted by Gasteiger charge is 2.32. The topological polar surface area (TPSA) is 83.8 Å². The van der Waals surface area contributed by atoms with Gasteiger partial charge in [-0.1, -0.05) is 32.6 Å². The molecular formula is C20H26O5. The molecule has 2 N–H and O–H groups in total. The lowest BCUT2D eigenvalue weighted by Crippen LogP contribution is -2.26. The molecule has 0 aromatic carbocycles. The third-order valence-electron chi connectivity index (χ3n) is 5.46. The van der Waals surface area contributed by atoms with Gasteiger partial charge in [0, 0.05) is 5.57 Å². The SMILES string of the molecule is C=C1CC[C@@H](C)[C@](C)(CCC2=CC(O)OC2=O)C/C=C\C=C1C(=O)O. The van der Waals surface area contributed by atoms with Crippen LogP contribution in [0.2, 0.25) is 0 Å². The van der Waals surface area contributed by atoms with Gasteiger partial charge in [0.1, 0.15) is 0 Å². The zero-order valence-electron chi connectivity index (χ0n) is 14.8. The van der Waals surface area contributed by atoms with E-state index >= 15 is 0 Å². The summed E-state index contributed by atoms with van der Waals surface area (Å²) in [6.45, 7) is 8.26. The summed E-state index contributed by atoms with van der Waals surface area (Å²) in [5, 5.41) is 18.7. The van der Waals surface area contributed by atoms with Gasteiger partial charge in [0.2, 0.25) is 6.29 Å². The summed E-state index contributed by atoms with van der Waals surface area (Å²) in [6, 6.07) is 0. The Bertz CT molecular complexity index is 655. The van der Waals surface area contributed by atoms with Gasteiger partial charge in [0.25, 0.3) is 0 Å². The lowest BCUT2D eigenvalue weighted by atomic mass is 9.69. The van der Waals surface area contributed by atoms with Crippen molar-refractivity contribution < 1.29 is 24.5 Å². The molecule has 25 heavy (non-hydrogen) atoms. The summed E-state index contributed by atoms with van der Waals surface area (Å²) < 4.78 is 4.74. The predicted octanol–water partition coefficient (Wildman–Crippen LogP) is 3.52. The third-order valence-corrected chi connectivity index (χ3v) is 5.46. The molecule has 0 saturated heterocycles. The van der Waals surface area contributed by atoms with Gasteiger partial charge in [-0.3, -0.25) is 0 Å². The summed E-state index contributed by atoms with van der Waals surface area (Å²) >= 11 is 0. The Morgan fingerprint density at radius 1 is 1.48 bits per heavy atom. The van der Waals surface area contributed by atoms with Crippen LogP contribution in [0.4, 0.5) is 0 Å². The number of carbonyl (C=O) groups excluding carboxylic acids is 1. The highest BCUT2D eigenvalue weighted by atomic mass is 16.6. The molecule has 0 amide bonds. The van der Waals surface area contributed by atoms with Crippen molar-refractivity contribution in [2.75, 3.05) is 0 Å². The molecule has 0 bridgehead atoms. The van der Waals surface area contributed by atoms with E-state index in [1.807, 2.05) is 6.08 Å². The number of hydrogen-bond acceptors (Lipinski definition) is 4. The predicted molar refractivity (Wildman–Crippen MR) is 94.5 cm³/mol. The molecule has 0 radical (unpaired) electrons. The molecule has 0 aromatic heterocycles. The molecule has 2 rings (SSSR count). The fourth-order valence-electron chi connectivity index (χ4n) is 3.33. The van der Waals surface area contributed by atoms with Crippen LogP contribution in [0.5, 0.6) is 0 Å². The van der Waals surface area contributed by atoms with Crippen molar-refractivity contribution in [3.63, 3.8) is 0 Å². The minimum Gasteiger partial charge on any atom is -0.478 e. The van der Waals surface area contributed by atoms with E-state index in [-0.39, 0.29) is 11.0 Å². The van der Waals surface area contributed by atoms with Gasteiger partial charge < -0.3 is 14.9 Å². The van der Waals surface area contributed by atoms with Crippen LogP contribution >= 0.6 is 0 Å². The van der Waals surface area contributed by atoms with E-state index in [0.717, 1.165) is 19.3 Å². The summed E-state index contributed by atoms with van der Waals surface area (Å²) in [6.07, 6.45) is 9.30. The van der Waals surface area contributed by atoms with Crippen molar-refractivity contribution >= 4 is 11.9 Å². The summed E-state index contributed by atoms with van der Waals surface area (Å²) in [7, 11) is 0. The van der Waals surface area contributed by atoms with Crippen LogP contribution in [-0.4, -0.2) is 28.4 Å². The molecule has 1 heterocycles. The van der Waals surface area contributed by atoms with Crippen LogP contribution in [0.3, 0.4) is 0 Å². The van der Waals surface area contributed by atoms with Crippen molar-refractivity contribution in [2.24, 2.45) is 11.3 Å². The van der Waals surface area contributed by atoms with Gasteiger partial charge in [0.15, 0.2) is 0 Å². The number of aliphatic hydroxyl groups is 1. The third kappa shape index (κ3) is 4.69. The number of allylic oxidation sites excluding steroid dienone is 3. The van der Waals surface area contributed by atoms with Crippen LogP contribution in [0.15, 0.2) is 47.6 Å². The fraction of sp³-hybridized carbons (Fsp3) is 0.500. The van der Waals surface area contributed by atoms with E-state index in [9.17, 15) is 19.8 Å². The number of rotatable bonds is 4. The molecule has 5 nitrogen and oxygen atoms in total. The monoisotopic (exact) mass is 346 g/mol. The van der Waals surface area contributed by atoms with Gasteiger partial charge >= 0.3 is 11.9 Å². The zero-order chi connectivity index (χ0) is 18.6. The number of aliphatic hydroxyl groups excluding tert-OH is 1. The fourth-order valence-corrected chi connectivity index (χ4v) is 3.33. The molecule has 0 spiro atoms. The molecule has 1 unspecified atom stereocenters. The second-order valence-electron chi connectivity index (χ2n) is 7.20. The molecule has 136 valence electrons. The highest BCUT2D eigenvalue weighted by Crippen LogP contribution is 2.41. The Morgan fingerprint density at radius 3 is 2.80 bits per heavy atom. The van der Waals surface area contributed by atoms with Crippen LogP contribution in [0.25, 0.3) is 0 Å². The van der Waals surface area contributed by atoms with Gasteiger partial charge in [-0.15, -0.1) is 0 Å². The van der Waals surface area contributed by atoms with Crippen molar-refractivity contribution in [3.8, 4) is 0 Å².